The molecule has 3 aliphatic rings. The highest BCUT2D eigenvalue weighted by molar-refractivity contribution is 7.93. The average Bonchev–Trinajstić information content (AvgIpc) is 3.33. The van der Waals surface area contributed by atoms with Crippen molar-refractivity contribution in [3.8, 4) is 22.9 Å². The molecule has 4 aromatic rings. The van der Waals surface area contributed by atoms with E-state index in [1.165, 1.54) is 12.8 Å². The van der Waals surface area contributed by atoms with Crippen LogP contribution < -0.4 is 14.5 Å². The van der Waals surface area contributed by atoms with Crippen LogP contribution in [0.1, 0.15) is 32.6 Å². The van der Waals surface area contributed by atoms with Gasteiger partial charge in [0.1, 0.15) is 5.82 Å². The van der Waals surface area contributed by atoms with Crippen LogP contribution in [-0.4, -0.2) is 78.7 Å². The number of anilines is 3. The Morgan fingerprint density at radius 2 is 1.77 bits per heavy atom. The highest BCUT2D eigenvalue weighted by atomic mass is 32.2. The third-order valence-electron chi connectivity index (χ3n) is 8.55. The summed E-state index contributed by atoms with van der Waals surface area (Å²) in [4.78, 5) is 15.6. The minimum atomic E-state index is -4.00. The number of aromatic nitrogens is 4. The Morgan fingerprint density at radius 1 is 1.02 bits per heavy atom. The first-order valence-corrected chi connectivity index (χ1v) is 16.2. The molecule has 7 rings (SSSR count). The first-order valence-electron chi connectivity index (χ1n) is 14.5. The van der Waals surface area contributed by atoms with Crippen LogP contribution in [-0.2, 0) is 19.6 Å². The van der Waals surface area contributed by atoms with E-state index in [-0.39, 0.29) is 18.4 Å². The Morgan fingerprint density at radius 3 is 2.48 bits per heavy atom. The lowest BCUT2D eigenvalue weighted by atomic mass is 9.93. The lowest BCUT2D eigenvalue weighted by molar-refractivity contribution is -0.139. The molecule has 0 atom stereocenters. The molecular formula is C29H31F2N7O5S. The number of fused-ring (bicyclic) bond motifs is 1. The molecule has 15 heteroatoms. The zero-order valence-corrected chi connectivity index (χ0v) is 24.8. The molecule has 3 fully saturated rings. The topological polar surface area (TPSA) is 135 Å². The average molecular weight is 628 g/mol. The summed E-state index contributed by atoms with van der Waals surface area (Å²) in [6.45, 7) is 2.46. The summed E-state index contributed by atoms with van der Waals surface area (Å²) in [6, 6.07) is 10.3. The van der Waals surface area contributed by atoms with Crippen molar-refractivity contribution in [1.29, 1.82) is 0 Å². The molecular weight excluding hydrogens is 596 g/mol. The van der Waals surface area contributed by atoms with Crippen LogP contribution in [0.25, 0.3) is 28.4 Å². The van der Waals surface area contributed by atoms with Crippen molar-refractivity contribution in [2.45, 2.75) is 38.5 Å². The molecule has 0 radical (unpaired) electrons. The lowest BCUT2D eigenvalue weighted by Gasteiger charge is -2.40. The molecule has 44 heavy (non-hydrogen) atoms. The van der Waals surface area contributed by atoms with Gasteiger partial charge < -0.3 is 19.0 Å². The van der Waals surface area contributed by atoms with Gasteiger partial charge in [0.25, 0.3) is 5.92 Å². The fraction of sp³-hybridized carbons (Fsp3) is 0.448. The third-order valence-corrected chi connectivity index (χ3v) is 9.72. The maximum atomic E-state index is 13.7. The van der Waals surface area contributed by atoms with Gasteiger partial charge in [0.05, 0.1) is 48.3 Å². The standard InChI is InChI=1S/C29H31F2N7O5S/c1-2-42-25(39)16-44(40,41)35-20-3-4-22(23(15-20)36-11-8-28(6-7-28)9-12-36)27-34-33-26(43-27)19-13-21-5-10-32-38(21)24(14-19)37-17-29(30,31)18-37/h3-5,10,13-15,35H,2,6-9,11-12,16-18H2,1H3. The van der Waals surface area contributed by atoms with E-state index in [0.717, 1.165) is 31.6 Å². The van der Waals surface area contributed by atoms with Crippen molar-refractivity contribution in [2.75, 3.05) is 53.1 Å². The number of hydrogen-bond acceptors (Lipinski definition) is 10. The van der Waals surface area contributed by atoms with Crippen LogP contribution >= 0.6 is 0 Å². The van der Waals surface area contributed by atoms with E-state index in [4.69, 9.17) is 9.15 Å². The van der Waals surface area contributed by atoms with Crippen molar-refractivity contribution < 1.29 is 31.1 Å². The zero-order valence-electron chi connectivity index (χ0n) is 24.0. The van der Waals surface area contributed by atoms with Crippen LogP contribution in [0.2, 0.25) is 0 Å². The molecule has 1 saturated carbocycles. The summed E-state index contributed by atoms with van der Waals surface area (Å²) in [5.41, 5.74) is 3.30. The molecule has 5 heterocycles. The number of sulfonamides is 1. The summed E-state index contributed by atoms with van der Waals surface area (Å²) < 4.78 is 67.8. The van der Waals surface area contributed by atoms with Crippen LogP contribution in [0, 0.1) is 5.41 Å². The van der Waals surface area contributed by atoms with Crippen molar-refractivity contribution in [3.63, 3.8) is 0 Å². The lowest BCUT2D eigenvalue weighted by Crippen LogP contribution is -2.57. The molecule has 2 saturated heterocycles. The number of esters is 1. The Balaban J connectivity index is 1.21. The first-order chi connectivity index (χ1) is 21.0. The molecule has 0 amide bonds. The maximum absolute atomic E-state index is 13.7. The number of nitrogens with zero attached hydrogens (tertiary/aromatic N) is 6. The summed E-state index contributed by atoms with van der Waals surface area (Å²) in [5, 5.41) is 12.9. The monoisotopic (exact) mass is 627 g/mol. The Hall–Kier alpha value is -4.27. The van der Waals surface area contributed by atoms with Crippen LogP contribution in [0.4, 0.5) is 26.0 Å². The summed E-state index contributed by atoms with van der Waals surface area (Å²) in [5.74, 6) is -3.45. The number of carbonyl (C=O) groups excluding carboxylic acids is 1. The van der Waals surface area contributed by atoms with Gasteiger partial charge in [-0.25, -0.2) is 21.7 Å². The van der Waals surface area contributed by atoms with E-state index < -0.39 is 40.8 Å². The number of halogens is 2. The van der Waals surface area contributed by atoms with Gasteiger partial charge in [0.2, 0.25) is 21.8 Å². The van der Waals surface area contributed by atoms with Gasteiger partial charge in [-0.05, 0) is 74.4 Å². The van der Waals surface area contributed by atoms with Crippen LogP contribution in [0.5, 0.6) is 0 Å². The number of carbonyl (C=O) groups is 1. The molecule has 1 spiro atoms. The van der Waals surface area contributed by atoms with Gasteiger partial charge in [-0.2, -0.15) is 5.10 Å². The number of alkyl halides is 2. The van der Waals surface area contributed by atoms with Gasteiger partial charge in [0.15, 0.2) is 5.75 Å². The largest absolute Gasteiger partial charge is 0.465 e. The highest BCUT2D eigenvalue weighted by Crippen LogP contribution is 2.54. The van der Waals surface area contributed by atoms with Crippen molar-refractivity contribution in [3.05, 3.63) is 42.6 Å². The van der Waals surface area contributed by atoms with Gasteiger partial charge >= 0.3 is 5.97 Å². The Bertz CT molecular complexity index is 1840. The molecule has 232 valence electrons. The smallest absolute Gasteiger partial charge is 0.323 e. The predicted octanol–water partition coefficient (Wildman–Crippen LogP) is 4.19. The van der Waals surface area contributed by atoms with E-state index in [0.29, 0.717) is 33.6 Å². The quantitative estimate of drug-likeness (QED) is 0.269. The summed E-state index contributed by atoms with van der Waals surface area (Å²) in [7, 11) is -4.00. The van der Waals surface area contributed by atoms with Crippen LogP contribution in [0.3, 0.4) is 0 Å². The number of hydrogen-bond donors (Lipinski definition) is 1. The molecule has 3 aromatic heterocycles. The number of piperidine rings is 1. The number of rotatable bonds is 9. The SMILES string of the molecule is CCOC(=O)CS(=O)(=O)Nc1ccc(-c2nnc(-c3cc(N4CC(F)(F)C4)n4nccc4c3)o2)c(N2CCC3(CC2)CC3)c1. The van der Waals surface area contributed by atoms with Crippen molar-refractivity contribution in [2.24, 2.45) is 5.41 Å². The number of ether oxygens (including phenoxy) is 1. The van der Waals surface area contributed by atoms with Gasteiger partial charge in [-0.3, -0.25) is 9.52 Å². The molecule has 0 bridgehead atoms. The van der Waals surface area contributed by atoms with Gasteiger partial charge in [-0.15, -0.1) is 10.2 Å². The molecule has 0 unspecified atom stereocenters. The minimum absolute atomic E-state index is 0.0850. The first kappa shape index (κ1) is 28.5. The van der Waals surface area contributed by atoms with Gasteiger partial charge in [0, 0.05) is 18.7 Å². The molecule has 12 nitrogen and oxygen atoms in total. The highest BCUT2D eigenvalue weighted by Gasteiger charge is 2.46. The number of nitrogens with one attached hydrogen (secondary N) is 1. The number of pyridine rings is 1. The second-order valence-electron chi connectivity index (χ2n) is 11.8. The van der Waals surface area contributed by atoms with Gasteiger partial charge in [-0.1, -0.05) is 0 Å². The van der Waals surface area contributed by atoms with E-state index in [9.17, 15) is 22.0 Å². The van der Waals surface area contributed by atoms with Crippen LogP contribution in [0.15, 0.2) is 47.0 Å². The Kier molecular flexibility index (Phi) is 6.75. The normalized spacial score (nSPS) is 18.8. The third kappa shape index (κ3) is 5.55. The van der Waals surface area contributed by atoms with Crippen molar-refractivity contribution in [1.82, 2.24) is 19.8 Å². The van der Waals surface area contributed by atoms with E-state index >= 15 is 0 Å². The molecule has 1 aromatic carbocycles. The minimum Gasteiger partial charge on any atom is -0.465 e. The second kappa shape index (κ2) is 10.4. The molecule has 1 aliphatic carbocycles. The van der Waals surface area contributed by atoms with E-state index in [2.05, 4.69) is 24.9 Å². The second-order valence-corrected chi connectivity index (χ2v) is 13.5. The molecule has 2 aliphatic heterocycles. The fourth-order valence-electron chi connectivity index (χ4n) is 6.00. The van der Waals surface area contributed by atoms with Crippen molar-refractivity contribution >= 4 is 38.7 Å². The fourth-order valence-corrected chi connectivity index (χ4v) is 6.95. The zero-order chi connectivity index (χ0) is 30.7. The molecule has 1 N–H and O–H groups in total. The predicted molar refractivity (Wildman–Crippen MR) is 158 cm³/mol. The summed E-state index contributed by atoms with van der Waals surface area (Å²) in [6.07, 6.45) is 6.12. The number of benzene rings is 1. The Labute approximate surface area is 252 Å². The van der Waals surface area contributed by atoms with E-state index in [1.54, 1.807) is 58.9 Å². The maximum Gasteiger partial charge on any atom is 0.323 e. The van der Waals surface area contributed by atoms with E-state index in [1.807, 2.05) is 0 Å². The summed E-state index contributed by atoms with van der Waals surface area (Å²) >= 11 is 0.